The van der Waals surface area contributed by atoms with E-state index >= 15 is 0 Å². The summed E-state index contributed by atoms with van der Waals surface area (Å²) < 4.78 is 37.3. The fraction of sp³-hybridized carbons (Fsp3) is 0.571. The number of rotatable bonds is 9. The minimum atomic E-state index is -3.67. The van der Waals surface area contributed by atoms with Gasteiger partial charge < -0.3 is 14.6 Å². The first kappa shape index (κ1) is 17.9. The third-order valence-electron chi connectivity index (χ3n) is 2.69. The lowest BCUT2D eigenvalue weighted by Crippen LogP contribution is -2.28. The fourth-order valence-electron chi connectivity index (χ4n) is 1.68. The zero-order chi connectivity index (χ0) is 15.9. The summed E-state index contributed by atoms with van der Waals surface area (Å²) in [5.41, 5.74) is 0.589. The Bertz CT molecular complexity index is 542. The van der Waals surface area contributed by atoms with Gasteiger partial charge in [0.15, 0.2) is 0 Å². The first-order valence-electron chi connectivity index (χ1n) is 6.76. The van der Waals surface area contributed by atoms with Crippen LogP contribution in [0.3, 0.4) is 0 Å². The van der Waals surface area contributed by atoms with E-state index in [0.29, 0.717) is 24.7 Å². The van der Waals surface area contributed by atoms with Gasteiger partial charge in [-0.3, -0.25) is 0 Å². The predicted molar refractivity (Wildman–Crippen MR) is 79.8 cm³/mol. The zero-order valence-corrected chi connectivity index (χ0v) is 13.4. The lowest BCUT2D eigenvalue weighted by molar-refractivity contribution is 0.114. The maximum Gasteiger partial charge on any atom is 0.244 e. The number of methoxy groups -OCH3 is 1. The number of sulfonamides is 1. The summed E-state index contributed by atoms with van der Waals surface area (Å²) in [6.45, 7) is 4.98. The van der Waals surface area contributed by atoms with Crippen LogP contribution in [0.2, 0.25) is 0 Å². The van der Waals surface area contributed by atoms with Gasteiger partial charge in [-0.1, -0.05) is 19.9 Å². The van der Waals surface area contributed by atoms with Gasteiger partial charge >= 0.3 is 0 Å². The highest BCUT2D eigenvalue weighted by atomic mass is 32.2. The molecule has 0 aliphatic carbocycles. The molecule has 1 aromatic rings. The van der Waals surface area contributed by atoms with Crippen molar-refractivity contribution in [3.8, 4) is 5.75 Å². The molecule has 0 fully saturated rings. The Kier molecular flexibility index (Phi) is 7.10. The summed E-state index contributed by atoms with van der Waals surface area (Å²) in [6, 6.07) is 4.47. The maximum absolute atomic E-state index is 12.2. The van der Waals surface area contributed by atoms with Gasteiger partial charge in [-0.05, 0) is 23.6 Å². The van der Waals surface area contributed by atoms with Crippen LogP contribution in [0.5, 0.6) is 5.75 Å². The van der Waals surface area contributed by atoms with Gasteiger partial charge in [0, 0.05) is 13.2 Å². The maximum atomic E-state index is 12.2. The summed E-state index contributed by atoms with van der Waals surface area (Å²) >= 11 is 0. The van der Waals surface area contributed by atoms with Gasteiger partial charge in [0.25, 0.3) is 0 Å². The molecule has 1 aromatic carbocycles. The fourth-order valence-corrected chi connectivity index (χ4v) is 2.84. The molecule has 0 saturated carbocycles. The minimum absolute atomic E-state index is 0.0473. The topological polar surface area (TPSA) is 84.9 Å². The molecular formula is C14H23NO5S. The lowest BCUT2D eigenvalue weighted by atomic mass is 10.2. The van der Waals surface area contributed by atoms with Gasteiger partial charge in [0.2, 0.25) is 10.0 Å². The molecule has 0 bridgehead atoms. The summed E-state index contributed by atoms with van der Waals surface area (Å²) in [7, 11) is -2.28. The van der Waals surface area contributed by atoms with Crippen molar-refractivity contribution in [2.45, 2.75) is 25.3 Å². The third-order valence-corrected chi connectivity index (χ3v) is 4.19. The molecule has 0 saturated heterocycles. The van der Waals surface area contributed by atoms with E-state index in [1.54, 1.807) is 6.07 Å². The summed E-state index contributed by atoms with van der Waals surface area (Å²) in [5.74, 6) is 0.616. The third kappa shape index (κ3) is 5.62. The van der Waals surface area contributed by atoms with Crippen molar-refractivity contribution in [1.82, 2.24) is 4.72 Å². The highest BCUT2D eigenvalue weighted by Gasteiger charge is 2.19. The number of ether oxygens (including phenoxy) is 2. The lowest BCUT2D eigenvalue weighted by Gasteiger charge is -2.12. The van der Waals surface area contributed by atoms with E-state index in [1.165, 1.54) is 19.2 Å². The Morgan fingerprint density at radius 3 is 2.62 bits per heavy atom. The number of hydrogen-bond donors (Lipinski definition) is 2. The first-order valence-corrected chi connectivity index (χ1v) is 8.24. The van der Waals surface area contributed by atoms with Crippen molar-refractivity contribution in [3.05, 3.63) is 23.8 Å². The van der Waals surface area contributed by atoms with Crippen LogP contribution in [0.4, 0.5) is 0 Å². The molecule has 0 aliphatic heterocycles. The van der Waals surface area contributed by atoms with Crippen LogP contribution in [0.1, 0.15) is 19.4 Å². The molecule has 0 spiro atoms. The number of hydrogen-bond acceptors (Lipinski definition) is 5. The van der Waals surface area contributed by atoms with Crippen LogP contribution < -0.4 is 9.46 Å². The Morgan fingerprint density at radius 2 is 2.05 bits per heavy atom. The van der Waals surface area contributed by atoms with E-state index in [2.05, 4.69) is 4.72 Å². The van der Waals surface area contributed by atoms with Gasteiger partial charge in [-0.15, -0.1) is 0 Å². The highest BCUT2D eigenvalue weighted by molar-refractivity contribution is 7.89. The Hall–Kier alpha value is -1.15. The molecule has 2 N–H and O–H groups in total. The van der Waals surface area contributed by atoms with E-state index in [9.17, 15) is 8.42 Å². The van der Waals surface area contributed by atoms with E-state index in [-0.39, 0.29) is 23.8 Å². The SMILES string of the molecule is COc1cc(CO)ccc1S(=O)(=O)NCCOCC(C)C. The number of benzene rings is 1. The molecule has 120 valence electrons. The first-order chi connectivity index (χ1) is 9.90. The van der Waals surface area contributed by atoms with Crippen LogP contribution in [-0.2, 0) is 21.4 Å². The molecule has 0 heterocycles. The largest absolute Gasteiger partial charge is 0.495 e. The van der Waals surface area contributed by atoms with Crippen molar-refractivity contribution >= 4 is 10.0 Å². The molecule has 0 aliphatic rings. The van der Waals surface area contributed by atoms with Crippen LogP contribution in [0.25, 0.3) is 0 Å². The average Bonchev–Trinajstić information content (AvgIpc) is 2.45. The molecule has 0 amide bonds. The van der Waals surface area contributed by atoms with Crippen molar-refractivity contribution in [3.63, 3.8) is 0 Å². The Morgan fingerprint density at radius 1 is 1.33 bits per heavy atom. The molecule has 0 atom stereocenters. The van der Waals surface area contributed by atoms with Crippen molar-refractivity contribution in [1.29, 1.82) is 0 Å². The van der Waals surface area contributed by atoms with Crippen molar-refractivity contribution in [2.75, 3.05) is 26.9 Å². The van der Waals surface area contributed by atoms with Crippen molar-refractivity contribution < 1.29 is 23.0 Å². The molecule has 0 unspecified atom stereocenters. The Labute approximate surface area is 126 Å². The molecule has 0 radical (unpaired) electrons. The van der Waals surface area contributed by atoms with Crippen molar-refractivity contribution in [2.24, 2.45) is 5.92 Å². The molecule has 7 heteroatoms. The Balaban J connectivity index is 2.70. The quantitative estimate of drug-likeness (QED) is 0.667. The second kappa shape index (κ2) is 8.33. The average molecular weight is 317 g/mol. The van der Waals surface area contributed by atoms with Gasteiger partial charge in [-0.2, -0.15) is 0 Å². The zero-order valence-electron chi connectivity index (χ0n) is 12.6. The normalized spacial score (nSPS) is 11.9. The highest BCUT2D eigenvalue weighted by Crippen LogP contribution is 2.24. The molecule has 0 aromatic heterocycles. The smallest absolute Gasteiger partial charge is 0.244 e. The van der Waals surface area contributed by atoms with Gasteiger partial charge in [-0.25, -0.2) is 13.1 Å². The van der Waals surface area contributed by atoms with Crippen LogP contribution >= 0.6 is 0 Å². The molecule has 21 heavy (non-hydrogen) atoms. The number of aliphatic hydroxyl groups is 1. The summed E-state index contributed by atoms with van der Waals surface area (Å²) in [6.07, 6.45) is 0. The molecule has 1 rings (SSSR count). The van der Waals surface area contributed by atoms with E-state index in [4.69, 9.17) is 14.6 Å². The summed E-state index contributed by atoms with van der Waals surface area (Å²) in [5, 5.41) is 9.06. The van der Waals surface area contributed by atoms with E-state index < -0.39 is 10.0 Å². The second-order valence-corrected chi connectivity index (χ2v) is 6.75. The summed E-state index contributed by atoms with van der Waals surface area (Å²) in [4.78, 5) is 0.0473. The van der Waals surface area contributed by atoms with E-state index in [0.717, 1.165) is 0 Å². The van der Waals surface area contributed by atoms with Gasteiger partial charge in [0.05, 0.1) is 20.3 Å². The predicted octanol–water partition coefficient (Wildman–Crippen LogP) is 1.14. The standard InChI is InChI=1S/C14H23NO5S/c1-11(2)10-20-7-6-15-21(17,18)14-5-4-12(9-16)8-13(14)19-3/h4-5,8,11,15-16H,6-7,9-10H2,1-3H3. The minimum Gasteiger partial charge on any atom is -0.495 e. The van der Waals surface area contributed by atoms with Crippen LogP contribution in [0.15, 0.2) is 23.1 Å². The van der Waals surface area contributed by atoms with E-state index in [1.807, 2.05) is 13.8 Å². The molecule has 6 nitrogen and oxygen atoms in total. The van der Waals surface area contributed by atoms with Crippen LogP contribution in [-0.4, -0.2) is 40.4 Å². The van der Waals surface area contributed by atoms with Gasteiger partial charge in [0.1, 0.15) is 10.6 Å². The van der Waals surface area contributed by atoms with Crippen LogP contribution in [0, 0.1) is 5.92 Å². The molecular weight excluding hydrogens is 294 g/mol. The number of aliphatic hydroxyl groups excluding tert-OH is 1. The monoisotopic (exact) mass is 317 g/mol. The second-order valence-electron chi connectivity index (χ2n) is 5.01. The number of nitrogens with one attached hydrogen (secondary N) is 1.